The summed E-state index contributed by atoms with van der Waals surface area (Å²) >= 11 is 6.05. The molecule has 0 radical (unpaired) electrons. The number of aryl methyl sites for hydroxylation is 1. The van der Waals surface area contributed by atoms with Gasteiger partial charge in [-0.15, -0.1) is 0 Å². The fourth-order valence-corrected chi connectivity index (χ4v) is 3.99. The van der Waals surface area contributed by atoms with Crippen molar-refractivity contribution in [2.75, 3.05) is 44.7 Å². The van der Waals surface area contributed by atoms with Gasteiger partial charge in [0.25, 0.3) is 11.8 Å². The number of hydrogen-bond donors (Lipinski definition) is 3. The van der Waals surface area contributed by atoms with Gasteiger partial charge in [0.05, 0.1) is 29.4 Å². The number of nitrogens with zero attached hydrogens (tertiary/aromatic N) is 2. The lowest BCUT2D eigenvalue weighted by atomic mass is 10.0. The number of amides is 2. The molecule has 8 nitrogen and oxygen atoms in total. The Morgan fingerprint density at radius 2 is 2.13 bits per heavy atom. The summed E-state index contributed by atoms with van der Waals surface area (Å²) < 4.78 is 5.34. The second kappa shape index (κ2) is 8.59. The van der Waals surface area contributed by atoms with Gasteiger partial charge < -0.3 is 20.4 Å². The summed E-state index contributed by atoms with van der Waals surface area (Å²) in [7, 11) is 0. The number of rotatable bonds is 5. The largest absolute Gasteiger partial charge is 0.379 e. The van der Waals surface area contributed by atoms with E-state index in [1.165, 1.54) is 6.20 Å². The quantitative estimate of drug-likeness (QED) is 0.633. The first kappa shape index (κ1) is 20.6. The normalized spacial score (nSPS) is 17.8. The number of carbonyl (C=O) groups excluding carboxylic acids is 2. The minimum absolute atomic E-state index is 0.125. The Bertz CT molecular complexity index is 1020. The van der Waals surface area contributed by atoms with Crippen LogP contribution < -0.4 is 10.6 Å². The number of halogens is 1. The average Bonchev–Trinajstić information content (AvgIpc) is 3.18. The molecule has 2 aromatic rings. The summed E-state index contributed by atoms with van der Waals surface area (Å²) in [6.45, 7) is 8.33. The summed E-state index contributed by atoms with van der Waals surface area (Å²) in [5.41, 5.74) is 3.97. The molecule has 30 heavy (non-hydrogen) atoms. The lowest BCUT2D eigenvalue weighted by molar-refractivity contribution is -0.110. The fraction of sp³-hybridized carbons (Fsp3) is 0.381. The van der Waals surface area contributed by atoms with Gasteiger partial charge in [-0.3, -0.25) is 14.5 Å². The van der Waals surface area contributed by atoms with Crippen molar-refractivity contribution in [3.8, 4) is 0 Å². The lowest BCUT2D eigenvalue weighted by Gasteiger charge is -2.26. The van der Waals surface area contributed by atoms with Gasteiger partial charge in [0, 0.05) is 49.3 Å². The van der Waals surface area contributed by atoms with E-state index in [0.29, 0.717) is 39.8 Å². The van der Waals surface area contributed by atoms with Crippen LogP contribution in [0.1, 0.15) is 32.9 Å². The number of hydrogen-bond acceptors (Lipinski definition) is 5. The molecule has 0 aromatic carbocycles. The molecule has 2 amide bonds. The van der Waals surface area contributed by atoms with Gasteiger partial charge in [0.2, 0.25) is 0 Å². The highest BCUT2D eigenvalue weighted by Gasteiger charge is 2.27. The average molecular weight is 430 g/mol. The minimum atomic E-state index is -0.247. The van der Waals surface area contributed by atoms with Crippen molar-refractivity contribution in [2.45, 2.75) is 13.8 Å². The molecule has 2 aliphatic heterocycles. The van der Waals surface area contributed by atoms with E-state index in [-0.39, 0.29) is 11.8 Å². The Hall–Kier alpha value is -2.68. The molecular formula is C21H24ClN5O3. The summed E-state index contributed by atoms with van der Waals surface area (Å²) in [5.74, 6) is 0.112. The number of aromatic amines is 1. The lowest BCUT2D eigenvalue weighted by Crippen LogP contribution is -2.41. The molecule has 4 rings (SSSR count). The van der Waals surface area contributed by atoms with Crippen LogP contribution in [0.2, 0.25) is 5.02 Å². The first-order valence-electron chi connectivity index (χ1n) is 9.90. The molecule has 2 aliphatic rings. The third-order valence-corrected chi connectivity index (χ3v) is 5.64. The number of ether oxygens (including phenoxy) is 1. The standard InChI is InChI=1S/C21H24ClN5O3/c1-12-17(10-16-15-9-14(22)11-24-19(15)26-20(16)28)25-13(2)18(12)21(29)23-3-4-27-5-7-30-8-6-27/h9-11,25H,3-8H2,1-2H3,(H,23,29)(H,24,26,28)/b16-10-. The van der Waals surface area contributed by atoms with Crippen molar-refractivity contribution in [3.05, 3.63) is 45.4 Å². The maximum absolute atomic E-state index is 12.8. The monoisotopic (exact) mass is 429 g/mol. The zero-order chi connectivity index (χ0) is 21.3. The highest BCUT2D eigenvalue weighted by atomic mass is 35.5. The molecule has 158 valence electrons. The molecule has 3 N–H and O–H groups in total. The number of anilines is 1. The van der Waals surface area contributed by atoms with Gasteiger partial charge in [-0.2, -0.15) is 0 Å². The molecule has 0 spiro atoms. The summed E-state index contributed by atoms with van der Waals surface area (Å²) in [4.78, 5) is 34.8. The molecule has 0 saturated carbocycles. The van der Waals surface area contributed by atoms with Crippen molar-refractivity contribution in [1.29, 1.82) is 0 Å². The second-order valence-electron chi connectivity index (χ2n) is 7.44. The number of H-pyrrole nitrogens is 1. The maximum atomic E-state index is 12.8. The van der Waals surface area contributed by atoms with Crippen molar-refractivity contribution in [3.63, 3.8) is 0 Å². The highest BCUT2D eigenvalue weighted by Crippen LogP contribution is 2.34. The molecule has 0 aliphatic carbocycles. The topological polar surface area (TPSA) is 99.3 Å². The van der Waals surface area contributed by atoms with E-state index in [2.05, 4.69) is 25.5 Å². The van der Waals surface area contributed by atoms with Crippen molar-refractivity contribution < 1.29 is 14.3 Å². The van der Waals surface area contributed by atoms with Crippen LogP contribution in [-0.4, -0.2) is 66.1 Å². The van der Waals surface area contributed by atoms with E-state index >= 15 is 0 Å². The Balaban J connectivity index is 1.51. The van der Waals surface area contributed by atoms with Crippen LogP contribution >= 0.6 is 11.6 Å². The molecule has 1 fully saturated rings. The molecule has 9 heteroatoms. The van der Waals surface area contributed by atoms with Crippen LogP contribution in [0.4, 0.5) is 5.82 Å². The highest BCUT2D eigenvalue weighted by molar-refractivity contribution is 6.36. The molecule has 2 aromatic heterocycles. The van der Waals surface area contributed by atoms with Crippen LogP contribution in [0.25, 0.3) is 11.6 Å². The second-order valence-corrected chi connectivity index (χ2v) is 7.87. The third-order valence-electron chi connectivity index (χ3n) is 5.43. The Labute approximate surface area is 179 Å². The van der Waals surface area contributed by atoms with Crippen LogP contribution in [0.5, 0.6) is 0 Å². The van der Waals surface area contributed by atoms with E-state index in [0.717, 1.165) is 44.1 Å². The van der Waals surface area contributed by atoms with Gasteiger partial charge in [-0.25, -0.2) is 4.98 Å². The molecule has 1 saturated heterocycles. The summed E-state index contributed by atoms with van der Waals surface area (Å²) in [6, 6.07) is 1.71. The number of nitrogens with one attached hydrogen (secondary N) is 3. The summed E-state index contributed by atoms with van der Waals surface area (Å²) in [6.07, 6.45) is 3.24. The zero-order valence-electron chi connectivity index (χ0n) is 17.0. The van der Waals surface area contributed by atoms with Crippen LogP contribution in [0.3, 0.4) is 0 Å². The predicted octanol–water partition coefficient (Wildman–Crippen LogP) is 2.23. The number of pyridine rings is 1. The third kappa shape index (κ3) is 4.12. The molecule has 4 heterocycles. The minimum Gasteiger partial charge on any atom is -0.379 e. The molecule has 0 unspecified atom stereocenters. The van der Waals surface area contributed by atoms with E-state index < -0.39 is 0 Å². The Morgan fingerprint density at radius 3 is 2.90 bits per heavy atom. The van der Waals surface area contributed by atoms with Crippen molar-refractivity contribution in [1.82, 2.24) is 20.2 Å². The number of morpholine rings is 1. The van der Waals surface area contributed by atoms with Crippen LogP contribution in [0.15, 0.2) is 12.3 Å². The van der Waals surface area contributed by atoms with Gasteiger partial charge in [-0.1, -0.05) is 11.6 Å². The predicted molar refractivity (Wildman–Crippen MR) is 116 cm³/mol. The van der Waals surface area contributed by atoms with Crippen molar-refractivity contribution >= 4 is 40.9 Å². The van der Waals surface area contributed by atoms with Crippen molar-refractivity contribution in [2.24, 2.45) is 0 Å². The van der Waals surface area contributed by atoms with Gasteiger partial charge in [0.15, 0.2) is 0 Å². The van der Waals surface area contributed by atoms with Crippen LogP contribution in [0, 0.1) is 13.8 Å². The van der Waals surface area contributed by atoms with Crippen LogP contribution in [-0.2, 0) is 9.53 Å². The number of aromatic nitrogens is 2. The zero-order valence-corrected chi connectivity index (χ0v) is 17.7. The maximum Gasteiger partial charge on any atom is 0.257 e. The first-order valence-corrected chi connectivity index (χ1v) is 10.3. The van der Waals surface area contributed by atoms with E-state index in [9.17, 15) is 9.59 Å². The molecular weight excluding hydrogens is 406 g/mol. The van der Waals surface area contributed by atoms with Gasteiger partial charge in [-0.05, 0) is 31.6 Å². The number of fused-ring (bicyclic) bond motifs is 1. The Kier molecular flexibility index (Phi) is 5.90. The first-order chi connectivity index (χ1) is 14.4. The molecule has 0 atom stereocenters. The van der Waals surface area contributed by atoms with E-state index in [4.69, 9.17) is 16.3 Å². The Morgan fingerprint density at radius 1 is 1.37 bits per heavy atom. The smallest absolute Gasteiger partial charge is 0.257 e. The number of carbonyl (C=O) groups is 2. The van der Waals surface area contributed by atoms with Gasteiger partial charge >= 0.3 is 0 Å². The van der Waals surface area contributed by atoms with E-state index in [1.807, 2.05) is 13.8 Å². The van der Waals surface area contributed by atoms with E-state index in [1.54, 1.807) is 12.1 Å². The fourth-order valence-electron chi connectivity index (χ4n) is 3.83. The SMILES string of the molecule is Cc1[nH]c(/C=C2\C(=O)Nc3ncc(Cl)cc32)c(C)c1C(=O)NCCN1CCOCC1. The molecule has 0 bridgehead atoms. The van der Waals surface area contributed by atoms with Gasteiger partial charge in [0.1, 0.15) is 5.82 Å². The summed E-state index contributed by atoms with van der Waals surface area (Å²) in [5, 5.41) is 6.19.